The molecule has 3 nitrogen and oxygen atoms in total. The molecule has 9 atom stereocenters. The minimum Gasteiger partial charge on any atom is -0.458 e. The van der Waals surface area contributed by atoms with E-state index in [0.717, 1.165) is 18.9 Å². The lowest BCUT2D eigenvalue weighted by Gasteiger charge is -2.63. The Labute approximate surface area is 239 Å². The van der Waals surface area contributed by atoms with Crippen LogP contribution in [0.4, 0.5) is 0 Å². The second-order valence-corrected chi connectivity index (χ2v) is 14.5. The minimum absolute atomic E-state index is 0.0682. The number of rotatable bonds is 11. The van der Waals surface area contributed by atoms with E-state index in [4.69, 9.17) is 4.74 Å². The van der Waals surface area contributed by atoms with E-state index in [0.29, 0.717) is 46.1 Å². The number of hydrogen-bond donors (Lipinski definition) is 1. The van der Waals surface area contributed by atoms with Crippen LogP contribution in [0.25, 0.3) is 0 Å². The van der Waals surface area contributed by atoms with Crippen LogP contribution in [0.1, 0.15) is 134 Å². The van der Waals surface area contributed by atoms with Crippen LogP contribution < -0.4 is 5.32 Å². The highest BCUT2D eigenvalue weighted by Crippen LogP contribution is 2.68. The van der Waals surface area contributed by atoms with Gasteiger partial charge < -0.3 is 10.1 Å². The third kappa shape index (κ3) is 5.86. The zero-order valence-corrected chi connectivity index (χ0v) is 25.6. The van der Waals surface area contributed by atoms with Crippen molar-refractivity contribution in [1.29, 1.82) is 0 Å². The molecule has 0 spiro atoms. The fourth-order valence-electron chi connectivity index (χ4n) is 10.2. The molecule has 3 heteroatoms. The molecule has 0 amide bonds. The van der Waals surface area contributed by atoms with E-state index in [-0.39, 0.29) is 12.1 Å². The van der Waals surface area contributed by atoms with Gasteiger partial charge >= 0.3 is 5.97 Å². The second kappa shape index (κ2) is 12.7. The molecule has 8 unspecified atom stereocenters. The maximum absolute atomic E-state index is 13.5. The highest BCUT2D eigenvalue weighted by atomic mass is 16.5. The van der Waals surface area contributed by atoms with Gasteiger partial charge in [-0.15, -0.1) is 0 Å². The van der Waals surface area contributed by atoms with E-state index in [1.54, 1.807) is 0 Å². The van der Waals surface area contributed by atoms with Crippen molar-refractivity contribution in [2.75, 3.05) is 6.54 Å². The van der Waals surface area contributed by atoms with Crippen molar-refractivity contribution in [3.63, 3.8) is 0 Å². The van der Waals surface area contributed by atoms with Crippen LogP contribution >= 0.6 is 0 Å². The van der Waals surface area contributed by atoms with Crippen molar-refractivity contribution in [2.24, 2.45) is 40.4 Å². The van der Waals surface area contributed by atoms with E-state index in [1.807, 2.05) is 30.3 Å². The largest absolute Gasteiger partial charge is 0.458 e. The predicted octanol–water partition coefficient (Wildman–Crippen LogP) is 9.21. The summed E-state index contributed by atoms with van der Waals surface area (Å²) in [5, 5.41) is 3.90. The van der Waals surface area contributed by atoms with Gasteiger partial charge in [0, 0.05) is 12.0 Å². The average molecular weight is 536 g/mol. The number of nitrogens with one attached hydrogen (secondary N) is 1. The highest BCUT2D eigenvalue weighted by Gasteiger charge is 2.63. The molecule has 0 aliphatic heterocycles. The number of unbranched alkanes of at least 4 members (excludes halogenated alkanes) is 4. The van der Waals surface area contributed by atoms with E-state index >= 15 is 0 Å². The van der Waals surface area contributed by atoms with E-state index in [9.17, 15) is 4.79 Å². The molecular formula is C36H57NO2. The molecule has 1 N–H and O–H groups in total. The van der Waals surface area contributed by atoms with Gasteiger partial charge in [-0.05, 0) is 117 Å². The fourth-order valence-corrected chi connectivity index (χ4v) is 10.2. The molecule has 39 heavy (non-hydrogen) atoms. The van der Waals surface area contributed by atoms with E-state index in [1.165, 1.54) is 89.9 Å². The zero-order chi connectivity index (χ0) is 27.5. The standard InChI is InChI=1S/C36H57NO2/c1-5-7-9-13-16-27-17-18-30-33-31(20-22-35(27,30)3)36(4)21-19-29(37-23-8-6-2)24-28(36)25-32(33)39-34(38)26-14-11-10-12-15-26/h10-12,14-15,27-33,37H,5-9,13,16-25H2,1-4H3/t27?,28-,29?,30?,31?,32?,33?,35?,36?/m1/s1. The Balaban J connectivity index is 1.38. The summed E-state index contributed by atoms with van der Waals surface area (Å²) >= 11 is 0. The third-order valence-corrected chi connectivity index (χ3v) is 12.5. The minimum atomic E-state index is -0.0993. The molecule has 5 rings (SSSR count). The van der Waals surface area contributed by atoms with Crippen molar-refractivity contribution in [2.45, 2.75) is 136 Å². The molecule has 0 bridgehead atoms. The van der Waals surface area contributed by atoms with Crippen molar-refractivity contribution in [3.8, 4) is 0 Å². The number of benzene rings is 1. The van der Waals surface area contributed by atoms with Crippen LogP contribution in [-0.2, 0) is 4.74 Å². The monoisotopic (exact) mass is 535 g/mol. The van der Waals surface area contributed by atoms with Gasteiger partial charge in [0.25, 0.3) is 0 Å². The summed E-state index contributed by atoms with van der Waals surface area (Å²) < 4.78 is 6.62. The smallest absolute Gasteiger partial charge is 0.338 e. The van der Waals surface area contributed by atoms with Crippen molar-refractivity contribution in [1.82, 2.24) is 5.32 Å². The molecule has 0 saturated heterocycles. The summed E-state index contributed by atoms with van der Waals surface area (Å²) in [7, 11) is 0. The van der Waals surface area contributed by atoms with Gasteiger partial charge in [0.15, 0.2) is 0 Å². The van der Waals surface area contributed by atoms with E-state index in [2.05, 4.69) is 33.0 Å². The van der Waals surface area contributed by atoms with Crippen LogP contribution in [-0.4, -0.2) is 24.7 Å². The van der Waals surface area contributed by atoms with Crippen LogP contribution in [0, 0.1) is 40.4 Å². The van der Waals surface area contributed by atoms with Crippen LogP contribution in [0.15, 0.2) is 30.3 Å². The lowest BCUT2D eigenvalue weighted by atomic mass is 9.43. The second-order valence-electron chi connectivity index (χ2n) is 14.5. The topological polar surface area (TPSA) is 38.3 Å². The zero-order valence-electron chi connectivity index (χ0n) is 25.6. The van der Waals surface area contributed by atoms with Crippen LogP contribution in [0.2, 0.25) is 0 Å². The molecule has 4 aliphatic carbocycles. The quantitative estimate of drug-likeness (QED) is 0.227. The number of ether oxygens (including phenoxy) is 1. The summed E-state index contributed by atoms with van der Waals surface area (Å²) in [6.07, 6.45) is 19.9. The van der Waals surface area contributed by atoms with Gasteiger partial charge in [-0.1, -0.05) is 78.0 Å². The maximum Gasteiger partial charge on any atom is 0.338 e. The first kappa shape index (κ1) is 29.2. The average Bonchev–Trinajstić information content (AvgIpc) is 3.28. The number of hydrogen-bond acceptors (Lipinski definition) is 3. The fraction of sp³-hybridized carbons (Fsp3) is 0.806. The summed E-state index contributed by atoms with van der Waals surface area (Å²) in [6.45, 7) is 11.0. The van der Waals surface area contributed by atoms with Crippen molar-refractivity contribution >= 4 is 5.97 Å². The third-order valence-electron chi connectivity index (χ3n) is 12.5. The van der Waals surface area contributed by atoms with Gasteiger partial charge in [0.2, 0.25) is 0 Å². The Bertz CT molecular complexity index is 931. The summed E-state index contributed by atoms with van der Waals surface area (Å²) in [4.78, 5) is 13.5. The SMILES string of the molecule is CCCCCCC1CCC2C3C(OC(=O)c4ccccc4)C[C@H]4CC(NCCCC)CCC4(C)C3CCC12C. The molecule has 0 radical (unpaired) electrons. The molecule has 218 valence electrons. The summed E-state index contributed by atoms with van der Waals surface area (Å²) in [5.41, 5.74) is 1.53. The van der Waals surface area contributed by atoms with Gasteiger partial charge in [0.1, 0.15) is 6.10 Å². The van der Waals surface area contributed by atoms with Crippen LogP contribution in [0.5, 0.6) is 0 Å². The number of esters is 1. The number of fused-ring (bicyclic) bond motifs is 5. The normalized spacial score (nSPS) is 39.4. The predicted molar refractivity (Wildman–Crippen MR) is 162 cm³/mol. The first-order chi connectivity index (χ1) is 18.9. The Morgan fingerprint density at radius 2 is 1.62 bits per heavy atom. The maximum atomic E-state index is 13.5. The molecular weight excluding hydrogens is 478 g/mol. The Kier molecular flexibility index (Phi) is 9.47. The highest BCUT2D eigenvalue weighted by molar-refractivity contribution is 5.89. The molecule has 0 heterocycles. The number of carbonyl (C=O) groups excluding carboxylic acids is 1. The van der Waals surface area contributed by atoms with Gasteiger partial charge in [-0.3, -0.25) is 0 Å². The molecule has 4 aliphatic rings. The first-order valence-corrected chi connectivity index (χ1v) is 16.9. The molecule has 4 fully saturated rings. The molecule has 1 aromatic rings. The Hall–Kier alpha value is -1.35. The summed E-state index contributed by atoms with van der Waals surface area (Å²) in [6, 6.07) is 10.4. The van der Waals surface area contributed by atoms with Gasteiger partial charge in [-0.2, -0.15) is 0 Å². The van der Waals surface area contributed by atoms with Crippen molar-refractivity contribution in [3.05, 3.63) is 35.9 Å². The number of carbonyl (C=O) groups is 1. The first-order valence-electron chi connectivity index (χ1n) is 16.9. The molecule has 4 saturated carbocycles. The van der Waals surface area contributed by atoms with Crippen molar-refractivity contribution < 1.29 is 9.53 Å². The lowest BCUT2D eigenvalue weighted by molar-refractivity contribution is -0.166. The molecule has 1 aromatic carbocycles. The van der Waals surface area contributed by atoms with Gasteiger partial charge in [-0.25, -0.2) is 4.79 Å². The summed E-state index contributed by atoms with van der Waals surface area (Å²) in [5.74, 6) is 3.34. The lowest BCUT2D eigenvalue weighted by Crippen LogP contribution is -2.60. The Morgan fingerprint density at radius 3 is 2.38 bits per heavy atom. The Morgan fingerprint density at radius 1 is 0.872 bits per heavy atom. The van der Waals surface area contributed by atoms with E-state index < -0.39 is 0 Å². The van der Waals surface area contributed by atoms with Gasteiger partial charge in [0.05, 0.1) is 5.56 Å². The van der Waals surface area contributed by atoms with Crippen LogP contribution in [0.3, 0.4) is 0 Å². The molecule has 0 aromatic heterocycles.